The van der Waals surface area contributed by atoms with Crippen molar-refractivity contribution in [3.05, 3.63) is 29.6 Å². The van der Waals surface area contributed by atoms with E-state index >= 15 is 0 Å². The molecule has 90 valence electrons. The first kappa shape index (κ1) is 12.7. The molecule has 0 spiro atoms. The number of alkyl halides is 3. The SMILES string of the molecule is COc1ccc(F)cc1[C@@H](NN)C(F)(F)F. The summed E-state index contributed by atoms with van der Waals surface area (Å²) in [5.74, 6) is 3.94. The quantitative estimate of drug-likeness (QED) is 0.480. The van der Waals surface area contributed by atoms with Crippen molar-refractivity contribution >= 4 is 0 Å². The van der Waals surface area contributed by atoms with Gasteiger partial charge in [0.1, 0.15) is 17.6 Å². The molecule has 1 rings (SSSR count). The smallest absolute Gasteiger partial charge is 0.409 e. The summed E-state index contributed by atoms with van der Waals surface area (Å²) in [5.41, 5.74) is 1.20. The highest BCUT2D eigenvalue weighted by molar-refractivity contribution is 5.37. The van der Waals surface area contributed by atoms with Crippen molar-refractivity contribution in [1.82, 2.24) is 5.43 Å². The molecule has 0 amide bonds. The molecule has 0 bridgehead atoms. The first-order valence-corrected chi connectivity index (χ1v) is 4.26. The van der Waals surface area contributed by atoms with Crippen molar-refractivity contribution in [3.63, 3.8) is 0 Å². The molecular formula is C9H10F4N2O. The van der Waals surface area contributed by atoms with Crippen molar-refractivity contribution < 1.29 is 22.3 Å². The fourth-order valence-corrected chi connectivity index (χ4v) is 1.29. The van der Waals surface area contributed by atoms with Gasteiger partial charge in [-0.15, -0.1) is 0 Å². The summed E-state index contributed by atoms with van der Waals surface area (Å²) in [7, 11) is 1.20. The van der Waals surface area contributed by atoms with Crippen LogP contribution in [-0.2, 0) is 0 Å². The second kappa shape index (κ2) is 4.67. The van der Waals surface area contributed by atoms with Crippen LogP contribution in [-0.4, -0.2) is 13.3 Å². The minimum absolute atomic E-state index is 0.0818. The van der Waals surface area contributed by atoms with Crippen molar-refractivity contribution in [2.45, 2.75) is 12.2 Å². The van der Waals surface area contributed by atoms with Crippen LogP contribution < -0.4 is 16.0 Å². The van der Waals surface area contributed by atoms with Crippen LogP contribution in [0.15, 0.2) is 18.2 Å². The van der Waals surface area contributed by atoms with Gasteiger partial charge in [0.2, 0.25) is 0 Å². The normalized spacial score (nSPS) is 13.6. The van der Waals surface area contributed by atoms with Crippen LogP contribution in [0.25, 0.3) is 0 Å². The molecule has 0 aliphatic heterocycles. The Morgan fingerprint density at radius 3 is 2.44 bits per heavy atom. The van der Waals surface area contributed by atoms with E-state index in [4.69, 9.17) is 10.6 Å². The highest BCUT2D eigenvalue weighted by Gasteiger charge is 2.41. The number of rotatable bonds is 3. The fraction of sp³-hybridized carbons (Fsp3) is 0.333. The molecule has 0 saturated heterocycles. The Balaban J connectivity index is 3.23. The Kier molecular flexibility index (Phi) is 3.71. The minimum Gasteiger partial charge on any atom is -0.496 e. The molecule has 0 aromatic heterocycles. The molecule has 0 heterocycles. The van der Waals surface area contributed by atoms with E-state index in [0.717, 1.165) is 18.2 Å². The lowest BCUT2D eigenvalue weighted by atomic mass is 10.1. The maximum absolute atomic E-state index is 12.9. The summed E-state index contributed by atoms with van der Waals surface area (Å²) in [6.45, 7) is 0. The number of methoxy groups -OCH3 is 1. The minimum atomic E-state index is -4.63. The van der Waals surface area contributed by atoms with Gasteiger partial charge < -0.3 is 4.74 Å². The molecule has 3 N–H and O–H groups in total. The Bertz CT molecular complexity index is 367. The first-order valence-electron chi connectivity index (χ1n) is 4.26. The number of halogens is 4. The second-order valence-electron chi connectivity index (χ2n) is 3.03. The molecule has 0 fully saturated rings. The lowest BCUT2D eigenvalue weighted by molar-refractivity contribution is -0.158. The van der Waals surface area contributed by atoms with E-state index < -0.39 is 23.6 Å². The van der Waals surface area contributed by atoms with Crippen molar-refractivity contribution in [1.29, 1.82) is 0 Å². The number of hydrogen-bond acceptors (Lipinski definition) is 3. The van der Waals surface area contributed by atoms with E-state index in [1.807, 2.05) is 0 Å². The molecule has 0 aliphatic carbocycles. The van der Waals surface area contributed by atoms with Gasteiger partial charge in [-0.1, -0.05) is 0 Å². The molecule has 1 atom stereocenters. The van der Waals surface area contributed by atoms with Gasteiger partial charge in [-0.2, -0.15) is 13.2 Å². The van der Waals surface area contributed by atoms with Crippen LogP contribution in [0.4, 0.5) is 17.6 Å². The van der Waals surface area contributed by atoms with Gasteiger partial charge in [-0.3, -0.25) is 5.84 Å². The van der Waals surface area contributed by atoms with E-state index in [1.54, 1.807) is 5.43 Å². The van der Waals surface area contributed by atoms with Crippen LogP contribution in [0.2, 0.25) is 0 Å². The maximum Gasteiger partial charge on any atom is 0.409 e. The van der Waals surface area contributed by atoms with Gasteiger partial charge >= 0.3 is 6.18 Å². The Hall–Kier alpha value is -1.34. The molecule has 3 nitrogen and oxygen atoms in total. The van der Waals surface area contributed by atoms with E-state index in [9.17, 15) is 17.6 Å². The van der Waals surface area contributed by atoms with E-state index in [0.29, 0.717) is 0 Å². The zero-order valence-electron chi connectivity index (χ0n) is 8.31. The molecule has 7 heteroatoms. The largest absolute Gasteiger partial charge is 0.496 e. The summed E-state index contributed by atoms with van der Waals surface area (Å²) in [6, 6.07) is 0.683. The van der Waals surface area contributed by atoms with E-state index in [-0.39, 0.29) is 5.75 Å². The molecule has 0 saturated carbocycles. The fourth-order valence-electron chi connectivity index (χ4n) is 1.29. The van der Waals surface area contributed by atoms with E-state index in [1.165, 1.54) is 7.11 Å². The number of nitrogens with one attached hydrogen (secondary N) is 1. The number of hydrazine groups is 1. The second-order valence-corrected chi connectivity index (χ2v) is 3.03. The Labute approximate surface area is 89.2 Å². The summed E-state index contributed by atoms with van der Waals surface area (Å²) >= 11 is 0. The molecule has 1 aromatic rings. The topological polar surface area (TPSA) is 47.3 Å². The third kappa shape index (κ3) is 2.61. The highest BCUT2D eigenvalue weighted by atomic mass is 19.4. The van der Waals surface area contributed by atoms with Gasteiger partial charge in [-0.05, 0) is 18.2 Å². The van der Waals surface area contributed by atoms with Gasteiger partial charge in [0.05, 0.1) is 7.11 Å². The summed E-state index contributed by atoms with van der Waals surface area (Å²) in [4.78, 5) is 0. The monoisotopic (exact) mass is 238 g/mol. The molecule has 0 aliphatic rings. The average Bonchev–Trinajstić information content (AvgIpc) is 2.17. The van der Waals surface area contributed by atoms with Crippen LogP contribution >= 0.6 is 0 Å². The lowest BCUT2D eigenvalue weighted by Crippen LogP contribution is -2.38. The van der Waals surface area contributed by atoms with E-state index in [2.05, 4.69) is 0 Å². The molecule has 0 radical (unpaired) electrons. The van der Waals surface area contributed by atoms with Crippen molar-refractivity contribution in [2.24, 2.45) is 5.84 Å². The van der Waals surface area contributed by atoms with Gasteiger partial charge in [0.15, 0.2) is 0 Å². The Morgan fingerprint density at radius 1 is 1.38 bits per heavy atom. The average molecular weight is 238 g/mol. The lowest BCUT2D eigenvalue weighted by Gasteiger charge is -2.21. The van der Waals surface area contributed by atoms with Gasteiger partial charge in [-0.25, -0.2) is 9.82 Å². The third-order valence-corrected chi connectivity index (χ3v) is 2.00. The predicted molar refractivity (Wildman–Crippen MR) is 49.1 cm³/mol. The molecule has 0 unspecified atom stereocenters. The van der Waals surface area contributed by atoms with Gasteiger partial charge in [0, 0.05) is 5.56 Å². The van der Waals surface area contributed by atoms with Crippen LogP contribution in [0, 0.1) is 5.82 Å². The summed E-state index contributed by atoms with van der Waals surface area (Å²) in [6.07, 6.45) is -4.63. The molecular weight excluding hydrogens is 228 g/mol. The maximum atomic E-state index is 12.9. The molecule has 1 aromatic carbocycles. The summed E-state index contributed by atoms with van der Waals surface area (Å²) < 4.78 is 55.2. The van der Waals surface area contributed by atoms with Crippen molar-refractivity contribution in [3.8, 4) is 5.75 Å². The standard InChI is InChI=1S/C9H10F4N2O/c1-16-7-3-2-5(10)4-6(7)8(15-14)9(11,12)13/h2-4,8,15H,14H2,1H3/t8-/m1/s1. The third-order valence-electron chi connectivity index (χ3n) is 2.00. The van der Waals surface area contributed by atoms with Crippen LogP contribution in [0.3, 0.4) is 0 Å². The number of hydrogen-bond donors (Lipinski definition) is 2. The number of ether oxygens (including phenoxy) is 1. The van der Waals surface area contributed by atoms with Crippen molar-refractivity contribution in [2.75, 3.05) is 7.11 Å². The zero-order valence-corrected chi connectivity index (χ0v) is 8.31. The molecule has 16 heavy (non-hydrogen) atoms. The summed E-state index contributed by atoms with van der Waals surface area (Å²) in [5, 5.41) is 0. The highest BCUT2D eigenvalue weighted by Crippen LogP contribution is 2.36. The predicted octanol–water partition coefficient (Wildman–Crippen LogP) is 1.90. The first-order chi connectivity index (χ1) is 7.40. The number of nitrogens with two attached hydrogens (primary N) is 1. The Morgan fingerprint density at radius 2 is 2.00 bits per heavy atom. The number of benzene rings is 1. The van der Waals surface area contributed by atoms with Crippen LogP contribution in [0.5, 0.6) is 5.75 Å². The van der Waals surface area contributed by atoms with Crippen LogP contribution in [0.1, 0.15) is 11.6 Å². The van der Waals surface area contributed by atoms with Gasteiger partial charge in [0.25, 0.3) is 0 Å². The zero-order chi connectivity index (χ0) is 12.3.